The minimum absolute atomic E-state index is 0.0230. The molecule has 1 aromatic rings. The van der Waals surface area contributed by atoms with E-state index in [0.717, 1.165) is 0 Å². The normalized spacial score (nSPS) is 12.2. The highest BCUT2D eigenvalue weighted by Crippen LogP contribution is 2.18. The number of rotatable bonds is 3. The van der Waals surface area contributed by atoms with Crippen LogP contribution < -0.4 is 11.3 Å². The number of carbonyl (C=O) groups is 1. The molecule has 80 valence electrons. The summed E-state index contributed by atoms with van der Waals surface area (Å²) in [5.74, 6) is 4.99. The van der Waals surface area contributed by atoms with Gasteiger partial charge in [-0.15, -0.1) is 0 Å². The smallest absolute Gasteiger partial charge is 0.257 e. The summed E-state index contributed by atoms with van der Waals surface area (Å²) in [6.07, 6.45) is 3.08. The first-order chi connectivity index (χ1) is 7.11. The fourth-order valence-electron chi connectivity index (χ4n) is 1.46. The van der Waals surface area contributed by atoms with Gasteiger partial charge in [-0.3, -0.25) is 10.2 Å². The molecule has 1 aromatic heterocycles. The van der Waals surface area contributed by atoms with Gasteiger partial charge in [0.2, 0.25) is 5.82 Å². The van der Waals surface area contributed by atoms with Gasteiger partial charge in [0, 0.05) is 12.4 Å². The van der Waals surface area contributed by atoms with Crippen molar-refractivity contribution < 1.29 is 4.79 Å². The molecule has 1 rings (SSSR count). The molecule has 0 fully saturated rings. The van der Waals surface area contributed by atoms with Gasteiger partial charge in [0.05, 0.1) is 0 Å². The Morgan fingerprint density at radius 3 is 2.87 bits per heavy atom. The second-order valence-corrected chi connectivity index (χ2v) is 3.47. The second kappa shape index (κ2) is 4.57. The molecule has 1 unspecified atom stereocenters. The zero-order chi connectivity index (χ0) is 11.4. The number of nitriles is 1. The summed E-state index contributed by atoms with van der Waals surface area (Å²) in [5, 5.41) is 8.80. The summed E-state index contributed by atoms with van der Waals surface area (Å²) in [6.45, 7) is 3.75. The molecule has 15 heavy (non-hydrogen) atoms. The van der Waals surface area contributed by atoms with Crippen molar-refractivity contribution in [3.63, 3.8) is 0 Å². The lowest BCUT2D eigenvalue weighted by molar-refractivity contribution is -0.125. The molecule has 0 spiro atoms. The minimum Gasteiger partial charge on any atom is -0.310 e. The molecule has 0 bridgehead atoms. The molecule has 0 aliphatic carbocycles. The molecule has 0 saturated carbocycles. The van der Waals surface area contributed by atoms with E-state index in [1.54, 1.807) is 6.20 Å². The van der Waals surface area contributed by atoms with E-state index in [9.17, 15) is 4.79 Å². The number of hydrogen-bond acceptors (Lipinski definition) is 4. The zero-order valence-corrected chi connectivity index (χ0v) is 8.64. The molecule has 0 saturated heterocycles. The number of nitrogens with one attached hydrogen (secondary N) is 1. The molecule has 6 nitrogen and oxygen atoms in total. The zero-order valence-electron chi connectivity index (χ0n) is 8.64. The van der Waals surface area contributed by atoms with E-state index in [-0.39, 0.29) is 17.6 Å². The van der Waals surface area contributed by atoms with E-state index in [1.165, 1.54) is 10.8 Å². The van der Waals surface area contributed by atoms with E-state index in [1.807, 2.05) is 19.9 Å². The summed E-state index contributed by atoms with van der Waals surface area (Å²) in [5.41, 5.74) is 2.09. The van der Waals surface area contributed by atoms with E-state index in [4.69, 9.17) is 11.1 Å². The van der Waals surface area contributed by atoms with Crippen molar-refractivity contribution in [1.29, 1.82) is 5.26 Å². The van der Waals surface area contributed by atoms with Gasteiger partial charge in [0.1, 0.15) is 12.1 Å². The average Bonchev–Trinajstić information content (AvgIpc) is 2.65. The fourth-order valence-corrected chi connectivity index (χ4v) is 1.46. The topological polar surface area (TPSA) is 96.7 Å². The lowest BCUT2D eigenvalue weighted by Crippen LogP contribution is -2.39. The maximum Gasteiger partial charge on any atom is 0.257 e. The van der Waals surface area contributed by atoms with Gasteiger partial charge in [-0.1, -0.05) is 13.8 Å². The van der Waals surface area contributed by atoms with Gasteiger partial charge in [-0.25, -0.2) is 10.8 Å². The van der Waals surface area contributed by atoms with Crippen molar-refractivity contribution in [2.45, 2.75) is 19.9 Å². The molecule has 6 heteroatoms. The Balaban J connectivity index is 3.11. The van der Waals surface area contributed by atoms with Crippen LogP contribution in [0.25, 0.3) is 0 Å². The first-order valence-corrected chi connectivity index (χ1v) is 4.55. The summed E-state index contributed by atoms with van der Waals surface area (Å²) < 4.78 is 1.52. The van der Waals surface area contributed by atoms with Crippen LogP contribution in [0, 0.1) is 17.2 Å². The van der Waals surface area contributed by atoms with Crippen LogP contribution in [-0.4, -0.2) is 15.5 Å². The van der Waals surface area contributed by atoms with Gasteiger partial charge < -0.3 is 4.57 Å². The molecule has 1 atom stereocenters. The van der Waals surface area contributed by atoms with E-state index < -0.39 is 6.04 Å². The lowest BCUT2D eigenvalue weighted by Gasteiger charge is -2.20. The van der Waals surface area contributed by atoms with Crippen molar-refractivity contribution in [1.82, 2.24) is 15.0 Å². The number of imidazole rings is 1. The van der Waals surface area contributed by atoms with Crippen molar-refractivity contribution in [2.75, 3.05) is 0 Å². The highest BCUT2D eigenvalue weighted by Gasteiger charge is 2.25. The van der Waals surface area contributed by atoms with E-state index in [0.29, 0.717) is 0 Å². The molecular weight excluding hydrogens is 194 g/mol. The van der Waals surface area contributed by atoms with Gasteiger partial charge in [0.15, 0.2) is 0 Å². The van der Waals surface area contributed by atoms with Crippen LogP contribution in [0.1, 0.15) is 25.7 Å². The third kappa shape index (κ3) is 2.14. The molecule has 3 N–H and O–H groups in total. The Morgan fingerprint density at radius 1 is 1.73 bits per heavy atom. The third-order valence-electron chi connectivity index (χ3n) is 2.11. The quantitative estimate of drug-likeness (QED) is 0.412. The Morgan fingerprint density at radius 2 is 2.40 bits per heavy atom. The highest BCUT2D eigenvalue weighted by molar-refractivity contribution is 5.80. The van der Waals surface area contributed by atoms with Gasteiger partial charge in [0.25, 0.3) is 5.91 Å². The van der Waals surface area contributed by atoms with Crippen LogP contribution in [0.5, 0.6) is 0 Å². The van der Waals surface area contributed by atoms with Crippen molar-refractivity contribution >= 4 is 5.91 Å². The predicted octanol–water partition coefficient (Wildman–Crippen LogP) is -0.0582. The van der Waals surface area contributed by atoms with Crippen molar-refractivity contribution in [3.8, 4) is 6.07 Å². The highest BCUT2D eigenvalue weighted by atomic mass is 16.2. The monoisotopic (exact) mass is 207 g/mol. The van der Waals surface area contributed by atoms with Gasteiger partial charge >= 0.3 is 0 Å². The summed E-state index contributed by atoms with van der Waals surface area (Å²) in [7, 11) is 0. The van der Waals surface area contributed by atoms with Crippen LogP contribution in [0.3, 0.4) is 0 Å². The average molecular weight is 207 g/mol. The standard InChI is InChI=1S/C9H13N5O/c1-6(2)8(9(15)13-11)14-4-3-12-7(14)5-10/h3-4,6,8H,11H2,1-2H3,(H,13,15). The third-order valence-corrected chi connectivity index (χ3v) is 2.11. The van der Waals surface area contributed by atoms with Crippen LogP contribution in [-0.2, 0) is 4.79 Å². The SMILES string of the molecule is CC(C)C(C(=O)NN)n1ccnc1C#N. The number of amides is 1. The molecule has 0 aliphatic rings. The number of nitrogens with two attached hydrogens (primary N) is 1. The number of nitrogens with zero attached hydrogens (tertiary/aromatic N) is 3. The molecule has 1 heterocycles. The Labute approximate surface area is 87.7 Å². The van der Waals surface area contributed by atoms with Crippen LogP contribution >= 0.6 is 0 Å². The van der Waals surface area contributed by atoms with E-state index >= 15 is 0 Å². The van der Waals surface area contributed by atoms with Crippen LogP contribution in [0.2, 0.25) is 0 Å². The Hall–Kier alpha value is -1.87. The largest absolute Gasteiger partial charge is 0.310 e. The minimum atomic E-state index is -0.507. The lowest BCUT2D eigenvalue weighted by atomic mass is 10.0. The van der Waals surface area contributed by atoms with Crippen molar-refractivity contribution in [2.24, 2.45) is 11.8 Å². The number of hydrazine groups is 1. The summed E-state index contributed by atoms with van der Waals surface area (Å²) in [4.78, 5) is 15.4. The predicted molar refractivity (Wildman–Crippen MR) is 53.1 cm³/mol. The molecule has 1 amide bonds. The number of carbonyl (C=O) groups excluding carboxylic acids is 1. The first-order valence-electron chi connectivity index (χ1n) is 4.55. The second-order valence-electron chi connectivity index (χ2n) is 3.47. The van der Waals surface area contributed by atoms with Crippen molar-refractivity contribution in [3.05, 3.63) is 18.2 Å². The van der Waals surface area contributed by atoms with Crippen LogP contribution in [0.15, 0.2) is 12.4 Å². The maximum absolute atomic E-state index is 11.5. The number of aromatic nitrogens is 2. The fraction of sp³-hybridized carbons (Fsp3) is 0.444. The Kier molecular flexibility index (Phi) is 3.42. The molecule has 0 aliphatic heterocycles. The maximum atomic E-state index is 11.5. The van der Waals surface area contributed by atoms with E-state index in [2.05, 4.69) is 10.4 Å². The first kappa shape index (κ1) is 11.2. The Bertz CT molecular complexity index is 389. The summed E-state index contributed by atoms with van der Waals surface area (Å²) in [6, 6.07) is 1.41. The molecular formula is C9H13N5O. The number of hydrogen-bond donors (Lipinski definition) is 2. The molecule has 0 radical (unpaired) electrons. The van der Waals surface area contributed by atoms with Gasteiger partial charge in [-0.05, 0) is 5.92 Å². The summed E-state index contributed by atoms with van der Waals surface area (Å²) >= 11 is 0. The molecule has 0 aromatic carbocycles. The van der Waals surface area contributed by atoms with Gasteiger partial charge in [-0.2, -0.15) is 5.26 Å². The van der Waals surface area contributed by atoms with Crippen LogP contribution in [0.4, 0.5) is 0 Å².